The van der Waals surface area contributed by atoms with Gasteiger partial charge in [0.05, 0.1) is 4.83 Å². The molecule has 2 atom stereocenters. The van der Waals surface area contributed by atoms with E-state index in [9.17, 15) is 4.79 Å². The zero-order valence-electron chi connectivity index (χ0n) is 11.2. The van der Waals surface area contributed by atoms with Crippen LogP contribution in [0.2, 0.25) is 0 Å². The molecular weight excluding hydrogens is 280 g/mol. The van der Waals surface area contributed by atoms with E-state index in [0.717, 1.165) is 6.54 Å². The van der Waals surface area contributed by atoms with Crippen molar-refractivity contribution >= 4 is 21.8 Å². The van der Waals surface area contributed by atoms with E-state index in [0.29, 0.717) is 5.92 Å². The Labute approximate surface area is 113 Å². The molecule has 0 bridgehead atoms. The van der Waals surface area contributed by atoms with E-state index in [4.69, 9.17) is 0 Å². The molecule has 1 aliphatic heterocycles. The van der Waals surface area contributed by atoms with Gasteiger partial charge in [0.25, 0.3) is 0 Å². The Morgan fingerprint density at radius 3 is 2.35 bits per heavy atom. The highest BCUT2D eigenvalue weighted by Gasteiger charge is 2.21. The zero-order valence-corrected chi connectivity index (χ0v) is 12.8. The molecule has 1 N–H and O–H groups in total. The molecule has 1 aliphatic rings. The van der Waals surface area contributed by atoms with Gasteiger partial charge in [-0.1, -0.05) is 36.2 Å². The van der Waals surface area contributed by atoms with Crippen molar-refractivity contribution in [1.82, 2.24) is 10.2 Å². The summed E-state index contributed by atoms with van der Waals surface area (Å²) in [7, 11) is 0. The van der Waals surface area contributed by atoms with E-state index >= 15 is 0 Å². The summed E-state index contributed by atoms with van der Waals surface area (Å²) in [6.07, 6.45) is 3.95. The maximum atomic E-state index is 11.9. The second kappa shape index (κ2) is 7.37. The third-order valence-electron chi connectivity index (χ3n) is 3.21. The van der Waals surface area contributed by atoms with Crippen LogP contribution in [0.5, 0.6) is 0 Å². The number of nitrogens with zero attached hydrogens (tertiary/aromatic N) is 1. The fourth-order valence-corrected chi connectivity index (χ4v) is 2.33. The van der Waals surface area contributed by atoms with Crippen LogP contribution in [0.1, 0.15) is 40.0 Å². The molecule has 1 rings (SSSR count). The van der Waals surface area contributed by atoms with Gasteiger partial charge in [-0.2, -0.15) is 0 Å². The molecule has 1 saturated heterocycles. The largest absolute Gasteiger partial charge is 0.351 e. The Morgan fingerprint density at radius 1 is 1.24 bits per heavy atom. The number of hydrogen-bond acceptors (Lipinski definition) is 2. The summed E-state index contributed by atoms with van der Waals surface area (Å²) in [5.41, 5.74) is 0. The van der Waals surface area contributed by atoms with Crippen molar-refractivity contribution < 1.29 is 4.79 Å². The molecule has 4 heteroatoms. The number of hydrogen-bond donors (Lipinski definition) is 1. The Bertz CT molecular complexity index is 240. The van der Waals surface area contributed by atoms with Gasteiger partial charge in [0.1, 0.15) is 0 Å². The van der Waals surface area contributed by atoms with Gasteiger partial charge in [0, 0.05) is 12.6 Å². The van der Waals surface area contributed by atoms with Crippen LogP contribution in [0, 0.1) is 5.92 Å². The first-order valence-electron chi connectivity index (χ1n) is 6.67. The molecule has 100 valence electrons. The molecule has 0 spiro atoms. The highest BCUT2D eigenvalue weighted by molar-refractivity contribution is 9.10. The van der Waals surface area contributed by atoms with Crippen molar-refractivity contribution in [3.05, 3.63) is 0 Å². The minimum absolute atomic E-state index is 0.0775. The van der Waals surface area contributed by atoms with Gasteiger partial charge in [-0.3, -0.25) is 4.79 Å². The van der Waals surface area contributed by atoms with Crippen LogP contribution < -0.4 is 5.32 Å². The lowest BCUT2D eigenvalue weighted by atomic mass is 10.1. The Kier molecular flexibility index (Phi) is 6.49. The molecule has 1 heterocycles. The molecule has 0 radical (unpaired) electrons. The molecule has 1 amide bonds. The normalized spacial score (nSPS) is 21.2. The average molecular weight is 305 g/mol. The van der Waals surface area contributed by atoms with Gasteiger partial charge < -0.3 is 10.2 Å². The molecule has 2 unspecified atom stereocenters. The lowest BCUT2D eigenvalue weighted by Crippen LogP contribution is -2.46. The van der Waals surface area contributed by atoms with E-state index < -0.39 is 0 Å². The van der Waals surface area contributed by atoms with E-state index in [1.54, 1.807) is 0 Å². The zero-order chi connectivity index (χ0) is 12.8. The van der Waals surface area contributed by atoms with Crippen LogP contribution in [0.3, 0.4) is 0 Å². The van der Waals surface area contributed by atoms with E-state index in [1.165, 1.54) is 32.4 Å². The van der Waals surface area contributed by atoms with E-state index in [2.05, 4.69) is 33.1 Å². The molecule has 1 fully saturated rings. The highest BCUT2D eigenvalue weighted by atomic mass is 79.9. The highest BCUT2D eigenvalue weighted by Crippen LogP contribution is 2.13. The Balaban J connectivity index is 2.28. The summed E-state index contributed by atoms with van der Waals surface area (Å²) in [5.74, 6) is 0.446. The quantitative estimate of drug-likeness (QED) is 0.791. The Morgan fingerprint density at radius 2 is 1.82 bits per heavy atom. The molecule has 0 aromatic carbocycles. The van der Waals surface area contributed by atoms with Gasteiger partial charge in [-0.15, -0.1) is 0 Å². The van der Waals surface area contributed by atoms with Crippen LogP contribution in [-0.2, 0) is 4.79 Å². The molecule has 0 saturated carbocycles. The van der Waals surface area contributed by atoms with Crippen LogP contribution in [0.15, 0.2) is 0 Å². The molecule has 0 aliphatic carbocycles. The van der Waals surface area contributed by atoms with Gasteiger partial charge in [0.15, 0.2) is 0 Å². The number of carbonyl (C=O) groups excluding carboxylic acids is 1. The standard InChI is InChI=1S/C13H25BrN2O/c1-10(2)12(14)13(17)15-11(3)9-16-7-5-4-6-8-16/h10-12H,4-9H2,1-3H3,(H,15,17). The van der Waals surface area contributed by atoms with Crippen molar-refractivity contribution in [3.8, 4) is 0 Å². The molecular formula is C13H25BrN2O. The second-order valence-electron chi connectivity index (χ2n) is 5.42. The number of halogens is 1. The monoisotopic (exact) mass is 304 g/mol. The maximum absolute atomic E-state index is 11.9. The van der Waals surface area contributed by atoms with Gasteiger partial charge in [-0.25, -0.2) is 0 Å². The van der Waals surface area contributed by atoms with Crippen molar-refractivity contribution in [3.63, 3.8) is 0 Å². The van der Waals surface area contributed by atoms with Crippen LogP contribution in [0.4, 0.5) is 0 Å². The van der Waals surface area contributed by atoms with Crippen molar-refractivity contribution in [2.24, 2.45) is 5.92 Å². The molecule has 3 nitrogen and oxygen atoms in total. The summed E-state index contributed by atoms with van der Waals surface area (Å²) in [6.45, 7) is 9.53. The number of amides is 1. The summed E-state index contributed by atoms with van der Waals surface area (Å²) in [5, 5.41) is 3.08. The van der Waals surface area contributed by atoms with Gasteiger partial charge in [-0.05, 0) is 38.8 Å². The number of carbonyl (C=O) groups is 1. The minimum Gasteiger partial charge on any atom is -0.351 e. The van der Waals surface area contributed by atoms with Crippen LogP contribution in [0.25, 0.3) is 0 Å². The Hall–Kier alpha value is -0.0900. The van der Waals surface area contributed by atoms with Gasteiger partial charge >= 0.3 is 0 Å². The van der Waals surface area contributed by atoms with Gasteiger partial charge in [0.2, 0.25) is 5.91 Å². The topological polar surface area (TPSA) is 32.3 Å². The predicted molar refractivity (Wildman–Crippen MR) is 75.4 cm³/mol. The smallest absolute Gasteiger partial charge is 0.234 e. The van der Waals surface area contributed by atoms with Crippen LogP contribution in [-0.4, -0.2) is 41.3 Å². The predicted octanol–water partition coefficient (Wildman–Crippen LogP) is 2.40. The molecule has 0 aromatic rings. The third kappa shape index (κ3) is 5.38. The SMILES string of the molecule is CC(CN1CCCCC1)NC(=O)C(Br)C(C)C. The maximum Gasteiger partial charge on any atom is 0.234 e. The number of alkyl halides is 1. The summed E-state index contributed by atoms with van der Waals surface area (Å²) in [4.78, 5) is 14.2. The van der Waals surface area contributed by atoms with Crippen LogP contribution >= 0.6 is 15.9 Å². The number of likely N-dealkylation sites (tertiary alicyclic amines) is 1. The first kappa shape index (κ1) is 15.0. The van der Waals surface area contributed by atoms with Crippen molar-refractivity contribution in [2.75, 3.05) is 19.6 Å². The third-order valence-corrected chi connectivity index (χ3v) is 4.68. The van der Waals surface area contributed by atoms with E-state index in [-0.39, 0.29) is 16.8 Å². The fourth-order valence-electron chi connectivity index (χ4n) is 2.20. The fraction of sp³-hybridized carbons (Fsp3) is 0.923. The number of rotatable bonds is 5. The van der Waals surface area contributed by atoms with E-state index in [1.807, 2.05) is 13.8 Å². The minimum atomic E-state index is -0.0775. The number of nitrogens with one attached hydrogen (secondary N) is 1. The summed E-state index contributed by atoms with van der Waals surface area (Å²) in [6, 6.07) is 0.236. The lowest BCUT2D eigenvalue weighted by molar-refractivity contribution is -0.121. The second-order valence-corrected chi connectivity index (χ2v) is 6.40. The van der Waals surface area contributed by atoms with Crippen molar-refractivity contribution in [1.29, 1.82) is 0 Å². The first-order valence-corrected chi connectivity index (χ1v) is 7.59. The number of piperidine rings is 1. The lowest BCUT2D eigenvalue weighted by Gasteiger charge is -2.29. The first-order chi connectivity index (χ1) is 8.00. The van der Waals surface area contributed by atoms with Crippen molar-refractivity contribution in [2.45, 2.75) is 50.9 Å². The summed E-state index contributed by atoms with van der Waals surface area (Å²) < 4.78 is 0. The molecule has 0 aromatic heterocycles. The average Bonchev–Trinajstić information content (AvgIpc) is 2.28. The molecule has 17 heavy (non-hydrogen) atoms. The summed E-state index contributed by atoms with van der Waals surface area (Å²) >= 11 is 3.44.